The number of carbonyl (C=O) groups excluding carboxylic acids is 1. The lowest BCUT2D eigenvalue weighted by atomic mass is 10.2. The summed E-state index contributed by atoms with van der Waals surface area (Å²) in [5.74, 6) is 0.458. The van der Waals surface area contributed by atoms with Gasteiger partial charge in [-0.05, 0) is 49.2 Å². The molecule has 0 bridgehead atoms. The number of rotatable bonds is 7. The van der Waals surface area contributed by atoms with Gasteiger partial charge in [0.15, 0.2) is 0 Å². The fourth-order valence-corrected chi connectivity index (χ4v) is 3.39. The molecule has 0 saturated heterocycles. The minimum atomic E-state index is -0.304. The number of fused-ring (bicyclic) bond motifs is 1. The Balaban J connectivity index is 1.37. The number of para-hydroxylation sites is 2. The molecule has 0 aliphatic carbocycles. The van der Waals surface area contributed by atoms with Gasteiger partial charge in [0.1, 0.15) is 11.6 Å². The number of imidazole rings is 1. The van der Waals surface area contributed by atoms with Gasteiger partial charge in [-0.1, -0.05) is 19.1 Å². The second-order valence-electron chi connectivity index (χ2n) is 6.81. The number of halogens is 1. The number of nitrogens with one attached hydrogen (secondary N) is 2. The smallest absolute Gasteiger partial charge is 0.254 e. The van der Waals surface area contributed by atoms with E-state index in [9.17, 15) is 9.18 Å². The van der Waals surface area contributed by atoms with Crippen LogP contribution in [0.5, 0.6) is 0 Å². The van der Waals surface area contributed by atoms with Gasteiger partial charge in [-0.2, -0.15) is 5.10 Å². The molecule has 0 spiro atoms. The molecule has 0 radical (unpaired) electrons. The van der Waals surface area contributed by atoms with Crippen LogP contribution in [0.3, 0.4) is 0 Å². The van der Waals surface area contributed by atoms with Crippen LogP contribution < -0.4 is 5.32 Å². The average Bonchev–Trinajstić information content (AvgIpc) is 3.35. The summed E-state index contributed by atoms with van der Waals surface area (Å²) in [4.78, 5) is 20.5. The summed E-state index contributed by atoms with van der Waals surface area (Å²) in [5.41, 5.74) is 4.04. The van der Waals surface area contributed by atoms with E-state index >= 15 is 0 Å². The molecule has 0 atom stereocenters. The normalized spacial score (nSPS) is 11.1. The quantitative estimate of drug-likeness (QED) is 0.471. The monoisotopic (exact) mass is 391 g/mol. The number of aromatic amines is 1. The van der Waals surface area contributed by atoms with Crippen molar-refractivity contribution in [2.24, 2.45) is 0 Å². The van der Waals surface area contributed by atoms with Crippen molar-refractivity contribution in [3.05, 3.63) is 77.6 Å². The Morgan fingerprint density at radius 1 is 1.17 bits per heavy atom. The van der Waals surface area contributed by atoms with Gasteiger partial charge in [-0.15, -0.1) is 0 Å². The van der Waals surface area contributed by atoms with Crippen LogP contribution in [0, 0.1) is 5.82 Å². The third-order valence-corrected chi connectivity index (χ3v) is 4.83. The number of hydrogen-bond acceptors (Lipinski definition) is 3. The molecule has 0 aliphatic heterocycles. The number of hydrogen-bond donors (Lipinski definition) is 2. The Hall–Kier alpha value is -3.48. The first-order valence-electron chi connectivity index (χ1n) is 9.70. The SMILES string of the molecule is CCc1c(C(=O)NCCCc2nc3ccccc3[nH]2)cnn1-c1ccc(F)cc1. The molecule has 0 fully saturated rings. The first-order valence-corrected chi connectivity index (χ1v) is 9.70. The van der Waals surface area contributed by atoms with Crippen LogP contribution in [0.1, 0.15) is 35.2 Å². The van der Waals surface area contributed by atoms with Gasteiger partial charge in [0.25, 0.3) is 5.91 Å². The summed E-state index contributed by atoms with van der Waals surface area (Å²) in [5, 5.41) is 7.28. The molecule has 1 amide bonds. The molecule has 2 N–H and O–H groups in total. The molecule has 0 aliphatic rings. The third-order valence-electron chi connectivity index (χ3n) is 4.83. The fraction of sp³-hybridized carbons (Fsp3) is 0.227. The second kappa shape index (κ2) is 8.26. The van der Waals surface area contributed by atoms with Crippen molar-refractivity contribution >= 4 is 16.9 Å². The molecule has 2 aromatic heterocycles. The molecule has 2 heterocycles. The van der Waals surface area contributed by atoms with Gasteiger partial charge in [0.2, 0.25) is 0 Å². The number of amides is 1. The van der Waals surface area contributed by atoms with E-state index in [1.807, 2.05) is 31.2 Å². The van der Waals surface area contributed by atoms with Gasteiger partial charge in [-0.25, -0.2) is 14.1 Å². The Labute approximate surface area is 167 Å². The van der Waals surface area contributed by atoms with Gasteiger partial charge in [0, 0.05) is 13.0 Å². The minimum Gasteiger partial charge on any atom is -0.352 e. The van der Waals surface area contributed by atoms with Crippen molar-refractivity contribution in [2.75, 3.05) is 6.54 Å². The van der Waals surface area contributed by atoms with E-state index in [0.29, 0.717) is 18.5 Å². The van der Waals surface area contributed by atoms with Crippen molar-refractivity contribution in [3.63, 3.8) is 0 Å². The summed E-state index contributed by atoms with van der Waals surface area (Å²) >= 11 is 0. The lowest BCUT2D eigenvalue weighted by Gasteiger charge is -2.08. The summed E-state index contributed by atoms with van der Waals surface area (Å²) in [6.07, 6.45) is 3.74. The number of aromatic nitrogens is 4. The summed E-state index contributed by atoms with van der Waals surface area (Å²) in [6, 6.07) is 14.0. The van der Waals surface area contributed by atoms with Crippen molar-refractivity contribution < 1.29 is 9.18 Å². The number of aryl methyl sites for hydroxylation is 1. The molecule has 4 aromatic rings. The number of carbonyl (C=O) groups is 1. The Morgan fingerprint density at radius 2 is 1.97 bits per heavy atom. The minimum absolute atomic E-state index is 0.153. The van der Waals surface area contributed by atoms with Gasteiger partial charge >= 0.3 is 0 Å². The highest BCUT2D eigenvalue weighted by Crippen LogP contribution is 2.16. The highest BCUT2D eigenvalue weighted by molar-refractivity contribution is 5.95. The maximum atomic E-state index is 13.2. The van der Waals surface area contributed by atoms with E-state index in [-0.39, 0.29) is 11.7 Å². The molecule has 29 heavy (non-hydrogen) atoms. The highest BCUT2D eigenvalue weighted by Gasteiger charge is 2.17. The fourth-order valence-electron chi connectivity index (χ4n) is 3.39. The van der Waals surface area contributed by atoms with Crippen molar-refractivity contribution in [1.82, 2.24) is 25.1 Å². The van der Waals surface area contributed by atoms with Gasteiger partial charge in [-0.3, -0.25) is 4.79 Å². The van der Waals surface area contributed by atoms with Crippen LogP contribution in [0.4, 0.5) is 4.39 Å². The predicted octanol–water partition coefficient (Wildman–Crippen LogP) is 3.81. The molecule has 2 aromatic carbocycles. The van der Waals surface area contributed by atoms with Crippen LogP contribution in [-0.2, 0) is 12.8 Å². The predicted molar refractivity (Wildman–Crippen MR) is 110 cm³/mol. The maximum Gasteiger partial charge on any atom is 0.254 e. The summed E-state index contributed by atoms with van der Waals surface area (Å²) < 4.78 is 14.9. The Kier molecular flexibility index (Phi) is 5.37. The lowest BCUT2D eigenvalue weighted by Crippen LogP contribution is -2.25. The van der Waals surface area contributed by atoms with Gasteiger partial charge < -0.3 is 10.3 Å². The Bertz CT molecular complexity index is 1100. The van der Waals surface area contributed by atoms with Crippen LogP contribution in [0.25, 0.3) is 16.7 Å². The van der Waals surface area contributed by atoms with Gasteiger partial charge in [0.05, 0.1) is 34.2 Å². The van der Waals surface area contributed by atoms with E-state index in [2.05, 4.69) is 20.4 Å². The van der Waals surface area contributed by atoms with Crippen LogP contribution in [0.15, 0.2) is 54.7 Å². The molecule has 148 valence electrons. The number of nitrogens with zero attached hydrogens (tertiary/aromatic N) is 3. The van der Waals surface area contributed by atoms with Crippen molar-refractivity contribution in [2.45, 2.75) is 26.2 Å². The third kappa shape index (κ3) is 4.03. The first-order chi connectivity index (χ1) is 14.2. The second-order valence-corrected chi connectivity index (χ2v) is 6.81. The molecular weight excluding hydrogens is 369 g/mol. The van der Waals surface area contributed by atoms with Crippen molar-refractivity contribution in [3.8, 4) is 5.69 Å². The molecule has 7 heteroatoms. The van der Waals surface area contributed by atoms with E-state index < -0.39 is 0 Å². The van der Waals surface area contributed by atoms with Crippen LogP contribution in [0.2, 0.25) is 0 Å². The summed E-state index contributed by atoms with van der Waals surface area (Å²) in [6.45, 7) is 2.51. The largest absolute Gasteiger partial charge is 0.352 e. The zero-order chi connectivity index (χ0) is 20.2. The maximum absolute atomic E-state index is 13.2. The van der Waals surface area contributed by atoms with Crippen LogP contribution >= 0.6 is 0 Å². The molecule has 4 rings (SSSR count). The topological polar surface area (TPSA) is 75.6 Å². The highest BCUT2D eigenvalue weighted by atomic mass is 19.1. The van der Waals surface area contributed by atoms with Crippen LogP contribution in [-0.4, -0.2) is 32.2 Å². The zero-order valence-electron chi connectivity index (χ0n) is 16.2. The Morgan fingerprint density at radius 3 is 2.72 bits per heavy atom. The molecule has 0 unspecified atom stereocenters. The summed E-state index contributed by atoms with van der Waals surface area (Å²) in [7, 11) is 0. The van der Waals surface area contributed by atoms with E-state index in [1.165, 1.54) is 12.1 Å². The molecular formula is C22H22FN5O. The molecule has 6 nitrogen and oxygen atoms in total. The lowest BCUT2D eigenvalue weighted by molar-refractivity contribution is 0.0952. The standard InChI is InChI=1S/C22H22FN5O/c1-2-20-17(14-25-28(20)16-11-9-15(23)10-12-16)22(29)24-13-5-8-21-26-18-6-3-4-7-19(18)27-21/h3-4,6-7,9-12,14H,2,5,8,13H2,1H3,(H,24,29)(H,26,27). The number of benzene rings is 2. The van der Waals surface area contributed by atoms with E-state index in [0.717, 1.165) is 41.1 Å². The number of H-pyrrole nitrogens is 1. The van der Waals surface area contributed by atoms with E-state index in [1.54, 1.807) is 23.0 Å². The van der Waals surface area contributed by atoms with E-state index in [4.69, 9.17) is 0 Å². The average molecular weight is 391 g/mol. The first kappa shape index (κ1) is 18.9. The van der Waals surface area contributed by atoms with Crippen molar-refractivity contribution in [1.29, 1.82) is 0 Å². The zero-order valence-corrected chi connectivity index (χ0v) is 16.2. The molecule has 0 saturated carbocycles.